The lowest BCUT2D eigenvalue weighted by atomic mass is 10.2. The van der Waals surface area contributed by atoms with E-state index in [1.807, 2.05) is 0 Å². The van der Waals surface area contributed by atoms with Gasteiger partial charge in [-0.1, -0.05) is 11.6 Å². The maximum absolute atomic E-state index is 13.3. The third-order valence-electron chi connectivity index (χ3n) is 2.14. The van der Waals surface area contributed by atoms with Crippen molar-refractivity contribution in [3.63, 3.8) is 0 Å². The minimum absolute atomic E-state index is 0.0247. The molecule has 5 heteroatoms. The molecule has 1 aromatic heterocycles. The van der Waals surface area contributed by atoms with Crippen LogP contribution in [0.25, 0.3) is 10.9 Å². The smallest absolute Gasteiger partial charge is 0.208 e. The average molecular weight is 230 g/mol. The molecule has 0 atom stereocenters. The Morgan fingerprint density at radius 2 is 2.00 bits per heavy atom. The normalized spacial score (nSPS) is 10.9. The van der Waals surface area contributed by atoms with Gasteiger partial charge in [-0.3, -0.25) is 4.79 Å². The van der Waals surface area contributed by atoms with Gasteiger partial charge in [-0.05, 0) is 13.0 Å². The molecule has 78 valence electrons. The van der Waals surface area contributed by atoms with Gasteiger partial charge in [0.05, 0.1) is 10.9 Å². The van der Waals surface area contributed by atoms with E-state index in [0.717, 1.165) is 6.07 Å². The second-order valence-corrected chi connectivity index (χ2v) is 3.58. The van der Waals surface area contributed by atoms with Gasteiger partial charge in [-0.25, -0.2) is 8.78 Å². The number of rotatable bonds is 0. The number of hydrogen-bond acceptors (Lipinski definition) is 1. The SMILES string of the molecule is Cc1[nH]c2c(F)cc(F)cc2c(=O)c1Cl. The summed E-state index contributed by atoms with van der Waals surface area (Å²) in [5, 5.41) is -0.129. The highest BCUT2D eigenvalue weighted by Gasteiger charge is 2.11. The Kier molecular flexibility index (Phi) is 2.23. The van der Waals surface area contributed by atoms with Crippen molar-refractivity contribution in [2.24, 2.45) is 0 Å². The van der Waals surface area contributed by atoms with Crippen molar-refractivity contribution in [3.05, 3.63) is 44.7 Å². The molecule has 1 N–H and O–H groups in total. The van der Waals surface area contributed by atoms with Crippen LogP contribution in [0.5, 0.6) is 0 Å². The van der Waals surface area contributed by atoms with E-state index >= 15 is 0 Å². The number of halogens is 3. The summed E-state index contributed by atoms with van der Waals surface area (Å²) in [5.74, 6) is -1.60. The van der Waals surface area contributed by atoms with Gasteiger partial charge in [-0.15, -0.1) is 0 Å². The zero-order valence-corrected chi connectivity index (χ0v) is 8.45. The number of benzene rings is 1. The Hall–Kier alpha value is -1.42. The fourth-order valence-corrected chi connectivity index (χ4v) is 1.56. The molecule has 0 bridgehead atoms. The molecule has 0 unspecified atom stereocenters. The molecule has 0 aliphatic carbocycles. The molecule has 0 aliphatic rings. The van der Waals surface area contributed by atoms with E-state index in [0.29, 0.717) is 11.8 Å². The fourth-order valence-electron chi connectivity index (χ4n) is 1.41. The summed E-state index contributed by atoms with van der Waals surface area (Å²) in [6, 6.07) is 1.67. The molecule has 0 aliphatic heterocycles. The van der Waals surface area contributed by atoms with Crippen LogP contribution < -0.4 is 5.43 Å². The standard InChI is InChI=1S/C10H6ClF2NO/c1-4-8(11)10(15)6-2-5(12)3-7(13)9(6)14-4/h2-3H,1H3,(H,14,15). The molecule has 2 rings (SSSR count). The minimum atomic E-state index is -0.804. The van der Waals surface area contributed by atoms with E-state index in [2.05, 4.69) is 4.98 Å². The summed E-state index contributed by atoms with van der Waals surface area (Å²) in [4.78, 5) is 14.2. The Morgan fingerprint density at radius 1 is 1.33 bits per heavy atom. The summed E-state index contributed by atoms with van der Waals surface area (Å²) in [5.41, 5.74) is -0.232. The van der Waals surface area contributed by atoms with E-state index in [-0.39, 0.29) is 15.9 Å². The first-order valence-electron chi connectivity index (χ1n) is 4.18. The number of H-pyrrole nitrogens is 1. The summed E-state index contributed by atoms with van der Waals surface area (Å²) in [7, 11) is 0. The van der Waals surface area contributed by atoms with Gasteiger partial charge < -0.3 is 4.98 Å². The summed E-state index contributed by atoms with van der Waals surface area (Å²) in [6.45, 7) is 1.55. The predicted octanol–water partition coefficient (Wildman–Crippen LogP) is 2.77. The summed E-state index contributed by atoms with van der Waals surface area (Å²) in [6.07, 6.45) is 0. The molecule has 0 amide bonds. The first-order valence-corrected chi connectivity index (χ1v) is 4.55. The second kappa shape index (κ2) is 3.31. The van der Waals surface area contributed by atoms with E-state index in [1.165, 1.54) is 0 Å². The average Bonchev–Trinajstić information content (AvgIpc) is 2.17. The first kappa shape index (κ1) is 10.1. The van der Waals surface area contributed by atoms with E-state index < -0.39 is 17.1 Å². The van der Waals surface area contributed by atoms with Crippen LogP contribution in [0.2, 0.25) is 5.02 Å². The number of hydrogen-bond donors (Lipinski definition) is 1. The monoisotopic (exact) mass is 229 g/mol. The molecule has 0 saturated carbocycles. The van der Waals surface area contributed by atoms with Gasteiger partial charge in [0, 0.05) is 11.8 Å². The minimum Gasteiger partial charge on any atom is -0.355 e. The van der Waals surface area contributed by atoms with Crippen molar-refractivity contribution < 1.29 is 8.78 Å². The number of nitrogens with one attached hydrogen (secondary N) is 1. The third kappa shape index (κ3) is 1.51. The van der Waals surface area contributed by atoms with E-state index in [9.17, 15) is 13.6 Å². The number of fused-ring (bicyclic) bond motifs is 1. The number of aromatic nitrogens is 1. The highest BCUT2D eigenvalue weighted by atomic mass is 35.5. The molecule has 1 heterocycles. The van der Waals surface area contributed by atoms with Gasteiger partial charge in [0.15, 0.2) is 0 Å². The Bertz CT molecular complexity index is 606. The maximum Gasteiger partial charge on any atom is 0.208 e. The van der Waals surface area contributed by atoms with Crippen LogP contribution in [-0.4, -0.2) is 4.98 Å². The quantitative estimate of drug-likeness (QED) is 0.740. The Labute approximate surface area is 88.5 Å². The van der Waals surface area contributed by atoms with Crippen molar-refractivity contribution in [2.45, 2.75) is 6.92 Å². The summed E-state index contributed by atoms with van der Waals surface area (Å²) >= 11 is 5.67. The zero-order chi connectivity index (χ0) is 11.2. The van der Waals surface area contributed by atoms with Crippen molar-refractivity contribution in [2.75, 3.05) is 0 Å². The molecule has 0 spiro atoms. The topological polar surface area (TPSA) is 32.9 Å². The molecule has 0 radical (unpaired) electrons. The molecule has 2 nitrogen and oxygen atoms in total. The third-order valence-corrected chi connectivity index (χ3v) is 2.60. The zero-order valence-electron chi connectivity index (χ0n) is 7.70. The molecule has 2 aromatic rings. The molecule has 0 saturated heterocycles. The lowest BCUT2D eigenvalue weighted by molar-refractivity contribution is 0.590. The van der Waals surface area contributed by atoms with Crippen LogP contribution in [0, 0.1) is 18.6 Å². The second-order valence-electron chi connectivity index (χ2n) is 3.20. The van der Waals surface area contributed by atoms with Crippen LogP contribution in [0.4, 0.5) is 8.78 Å². The number of pyridine rings is 1. The van der Waals surface area contributed by atoms with Crippen LogP contribution in [0.3, 0.4) is 0 Å². The molecular formula is C10H6ClF2NO. The molecule has 0 fully saturated rings. The first-order chi connectivity index (χ1) is 7.00. The fraction of sp³-hybridized carbons (Fsp3) is 0.100. The van der Waals surface area contributed by atoms with Crippen molar-refractivity contribution in [1.82, 2.24) is 4.98 Å². The van der Waals surface area contributed by atoms with E-state index in [4.69, 9.17) is 11.6 Å². The van der Waals surface area contributed by atoms with Crippen molar-refractivity contribution in [1.29, 1.82) is 0 Å². The maximum atomic E-state index is 13.3. The molecule has 1 aromatic carbocycles. The van der Waals surface area contributed by atoms with Crippen LogP contribution in [0.1, 0.15) is 5.69 Å². The largest absolute Gasteiger partial charge is 0.355 e. The van der Waals surface area contributed by atoms with Crippen molar-refractivity contribution >= 4 is 22.5 Å². The summed E-state index contributed by atoms with van der Waals surface area (Å²) < 4.78 is 26.2. The number of aryl methyl sites for hydroxylation is 1. The van der Waals surface area contributed by atoms with Gasteiger partial charge in [0.1, 0.15) is 16.7 Å². The lowest BCUT2D eigenvalue weighted by Crippen LogP contribution is -2.07. The lowest BCUT2D eigenvalue weighted by Gasteiger charge is -2.03. The predicted molar refractivity (Wildman–Crippen MR) is 54.2 cm³/mol. The van der Waals surface area contributed by atoms with Gasteiger partial charge >= 0.3 is 0 Å². The van der Waals surface area contributed by atoms with Gasteiger partial charge in [-0.2, -0.15) is 0 Å². The number of aromatic amines is 1. The molecular weight excluding hydrogens is 224 g/mol. The van der Waals surface area contributed by atoms with Gasteiger partial charge in [0.2, 0.25) is 5.43 Å². The molecule has 15 heavy (non-hydrogen) atoms. The highest BCUT2D eigenvalue weighted by molar-refractivity contribution is 6.31. The van der Waals surface area contributed by atoms with Crippen LogP contribution >= 0.6 is 11.6 Å². The van der Waals surface area contributed by atoms with Crippen LogP contribution in [0.15, 0.2) is 16.9 Å². The Balaban J connectivity index is 3.06. The highest BCUT2D eigenvalue weighted by Crippen LogP contribution is 2.18. The Morgan fingerprint density at radius 3 is 2.67 bits per heavy atom. The van der Waals surface area contributed by atoms with E-state index in [1.54, 1.807) is 6.92 Å². The van der Waals surface area contributed by atoms with Crippen LogP contribution in [-0.2, 0) is 0 Å². The van der Waals surface area contributed by atoms with Gasteiger partial charge in [0.25, 0.3) is 0 Å². The van der Waals surface area contributed by atoms with Crippen molar-refractivity contribution in [3.8, 4) is 0 Å².